The molecule has 5 heteroatoms. The molecule has 0 atom stereocenters. The monoisotopic (exact) mass is 326 g/mol. The van der Waals surface area contributed by atoms with E-state index in [9.17, 15) is 10.1 Å². The van der Waals surface area contributed by atoms with E-state index in [1.165, 1.54) is 16.2 Å². The summed E-state index contributed by atoms with van der Waals surface area (Å²) in [5.41, 5.74) is 2.30. The predicted octanol–water partition coefficient (Wildman–Crippen LogP) is 4.15. The van der Waals surface area contributed by atoms with Crippen molar-refractivity contribution >= 4 is 22.2 Å². The van der Waals surface area contributed by atoms with Gasteiger partial charge in [0.05, 0.1) is 12.2 Å². The fourth-order valence-electron chi connectivity index (χ4n) is 2.84. The molecule has 23 heavy (non-hydrogen) atoms. The Morgan fingerprint density at radius 1 is 1.39 bits per heavy atom. The van der Waals surface area contributed by atoms with E-state index in [4.69, 9.17) is 4.74 Å². The number of anilines is 1. The molecule has 0 unspecified atom stereocenters. The lowest BCUT2D eigenvalue weighted by molar-refractivity contribution is 0.102. The molecule has 0 saturated carbocycles. The molecule has 4 nitrogen and oxygen atoms in total. The van der Waals surface area contributed by atoms with Crippen LogP contribution in [0.4, 0.5) is 5.00 Å². The minimum atomic E-state index is -0.207. The number of benzene rings is 1. The molecule has 0 saturated heterocycles. The van der Waals surface area contributed by atoms with Crippen molar-refractivity contribution in [3.8, 4) is 11.8 Å². The summed E-state index contributed by atoms with van der Waals surface area (Å²) in [5, 5.41) is 13.0. The van der Waals surface area contributed by atoms with Gasteiger partial charge in [-0.25, -0.2) is 0 Å². The second kappa shape index (κ2) is 6.84. The van der Waals surface area contributed by atoms with Crippen LogP contribution in [-0.4, -0.2) is 12.5 Å². The Labute approximate surface area is 139 Å². The maximum atomic E-state index is 12.5. The Morgan fingerprint density at radius 3 is 3.00 bits per heavy atom. The number of fused-ring (bicyclic) bond motifs is 1. The first-order valence-corrected chi connectivity index (χ1v) is 8.63. The molecule has 0 aliphatic heterocycles. The van der Waals surface area contributed by atoms with Crippen molar-refractivity contribution in [3.05, 3.63) is 45.8 Å². The molecular formula is C18H18N2O2S. The van der Waals surface area contributed by atoms with E-state index in [1.54, 1.807) is 18.2 Å². The fraction of sp³-hybridized carbons (Fsp3) is 0.333. The van der Waals surface area contributed by atoms with Crippen molar-refractivity contribution in [3.63, 3.8) is 0 Å². The van der Waals surface area contributed by atoms with Gasteiger partial charge < -0.3 is 10.1 Å². The summed E-state index contributed by atoms with van der Waals surface area (Å²) in [6.45, 7) is 2.46. The third-order valence-corrected chi connectivity index (χ3v) is 5.12. The SMILES string of the molecule is CCOc1cccc(C(=O)Nc2sc3c(c2C#N)CCCC3)c1. The molecule has 118 valence electrons. The standard InChI is InChI=1S/C18H18N2O2S/c1-2-22-13-7-5-6-12(10-13)17(21)20-18-15(11-19)14-8-3-4-9-16(14)23-18/h5-7,10H,2-4,8-9H2,1H3,(H,20,21). The third-order valence-electron chi connectivity index (χ3n) is 3.92. The molecular weight excluding hydrogens is 308 g/mol. The molecule has 1 aromatic heterocycles. The van der Waals surface area contributed by atoms with Gasteiger partial charge >= 0.3 is 0 Å². The zero-order valence-corrected chi connectivity index (χ0v) is 13.8. The quantitative estimate of drug-likeness (QED) is 0.918. The normalized spacial score (nSPS) is 13.0. The minimum absolute atomic E-state index is 0.207. The largest absolute Gasteiger partial charge is 0.494 e. The number of ether oxygens (including phenoxy) is 1. The number of carbonyl (C=O) groups is 1. The van der Waals surface area contributed by atoms with Crippen molar-refractivity contribution in [2.45, 2.75) is 32.6 Å². The second-order valence-electron chi connectivity index (χ2n) is 5.44. The minimum Gasteiger partial charge on any atom is -0.494 e. The van der Waals surface area contributed by atoms with Gasteiger partial charge in [-0.1, -0.05) is 6.07 Å². The van der Waals surface area contributed by atoms with Crippen LogP contribution in [0, 0.1) is 11.3 Å². The van der Waals surface area contributed by atoms with Gasteiger partial charge in [-0.2, -0.15) is 5.26 Å². The van der Waals surface area contributed by atoms with Crippen LogP contribution in [0.3, 0.4) is 0 Å². The van der Waals surface area contributed by atoms with Crippen LogP contribution in [-0.2, 0) is 12.8 Å². The van der Waals surface area contributed by atoms with E-state index in [0.29, 0.717) is 28.5 Å². The van der Waals surface area contributed by atoms with Gasteiger partial charge in [-0.15, -0.1) is 11.3 Å². The molecule has 1 heterocycles. The van der Waals surface area contributed by atoms with Crippen molar-refractivity contribution in [2.75, 3.05) is 11.9 Å². The number of hydrogen-bond acceptors (Lipinski definition) is 4. The van der Waals surface area contributed by atoms with E-state index in [1.807, 2.05) is 13.0 Å². The van der Waals surface area contributed by atoms with Crippen LogP contribution >= 0.6 is 11.3 Å². The zero-order chi connectivity index (χ0) is 16.2. The zero-order valence-electron chi connectivity index (χ0n) is 13.0. The second-order valence-corrected chi connectivity index (χ2v) is 6.55. The van der Waals surface area contributed by atoms with Crippen molar-refractivity contribution in [2.24, 2.45) is 0 Å². The third kappa shape index (κ3) is 3.22. The summed E-state index contributed by atoms with van der Waals surface area (Å²) in [5.74, 6) is 0.466. The maximum Gasteiger partial charge on any atom is 0.256 e. The lowest BCUT2D eigenvalue weighted by Crippen LogP contribution is -2.12. The highest BCUT2D eigenvalue weighted by Crippen LogP contribution is 2.37. The lowest BCUT2D eigenvalue weighted by Gasteiger charge is -2.09. The van der Waals surface area contributed by atoms with Gasteiger partial charge in [0, 0.05) is 10.4 Å². The van der Waals surface area contributed by atoms with Crippen LogP contribution in [0.15, 0.2) is 24.3 Å². The molecule has 2 aromatic rings. The summed E-state index contributed by atoms with van der Waals surface area (Å²) < 4.78 is 5.43. The summed E-state index contributed by atoms with van der Waals surface area (Å²) in [6.07, 6.45) is 4.21. The molecule has 0 fully saturated rings. The Kier molecular flexibility index (Phi) is 4.63. The first-order valence-electron chi connectivity index (χ1n) is 7.81. The Balaban J connectivity index is 1.84. The van der Waals surface area contributed by atoms with Gasteiger partial charge in [-0.3, -0.25) is 4.79 Å². The van der Waals surface area contributed by atoms with Crippen LogP contribution in [0.1, 0.15) is 46.1 Å². The van der Waals surface area contributed by atoms with Gasteiger partial charge in [0.2, 0.25) is 0 Å². The fourth-order valence-corrected chi connectivity index (χ4v) is 4.08. The van der Waals surface area contributed by atoms with Gasteiger partial charge in [0.15, 0.2) is 0 Å². The summed E-state index contributed by atoms with van der Waals surface area (Å²) in [6, 6.07) is 9.35. The number of rotatable bonds is 4. The van der Waals surface area contributed by atoms with E-state index in [2.05, 4.69) is 11.4 Å². The van der Waals surface area contributed by atoms with E-state index < -0.39 is 0 Å². The highest BCUT2D eigenvalue weighted by molar-refractivity contribution is 7.16. The number of nitriles is 1. The van der Waals surface area contributed by atoms with E-state index >= 15 is 0 Å². The number of thiophene rings is 1. The topological polar surface area (TPSA) is 62.1 Å². The number of carbonyl (C=O) groups excluding carboxylic acids is 1. The number of amides is 1. The number of nitrogens with zero attached hydrogens (tertiary/aromatic N) is 1. The highest BCUT2D eigenvalue weighted by Gasteiger charge is 2.22. The van der Waals surface area contributed by atoms with Crippen LogP contribution < -0.4 is 10.1 Å². The number of aryl methyl sites for hydroxylation is 1. The summed E-state index contributed by atoms with van der Waals surface area (Å²) in [7, 11) is 0. The maximum absolute atomic E-state index is 12.5. The van der Waals surface area contributed by atoms with Gasteiger partial charge in [-0.05, 0) is 56.4 Å². The van der Waals surface area contributed by atoms with Crippen molar-refractivity contribution in [1.29, 1.82) is 5.26 Å². The molecule has 0 radical (unpaired) electrons. The van der Waals surface area contributed by atoms with E-state index in [0.717, 1.165) is 31.2 Å². The predicted molar refractivity (Wildman–Crippen MR) is 91.2 cm³/mol. The average Bonchev–Trinajstić information content (AvgIpc) is 2.92. The highest BCUT2D eigenvalue weighted by atomic mass is 32.1. The van der Waals surface area contributed by atoms with Crippen LogP contribution in [0.25, 0.3) is 0 Å². The molecule has 1 aliphatic carbocycles. The van der Waals surface area contributed by atoms with Crippen molar-refractivity contribution < 1.29 is 9.53 Å². The lowest BCUT2D eigenvalue weighted by atomic mass is 9.96. The first kappa shape index (κ1) is 15.6. The molecule has 3 rings (SSSR count). The smallest absolute Gasteiger partial charge is 0.256 e. The molecule has 1 aromatic carbocycles. The summed E-state index contributed by atoms with van der Waals surface area (Å²) in [4.78, 5) is 13.7. The first-order chi connectivity index (χ1) is 11.2. The summed E-state index contributed by atoms with van der Waals surface area (Å²) >= 11 is 1.54. The van der Waals surface area contributed by atoms with E-state index in [-0.39, 0.29) is 5.91 Å². The molecule has 1 N–H and O–H groups in total. The Morgan fingerprint density at radius 2 is 2.22 bits per heavy atom. The molecule has 1 aliphatic rings. The van der Waals surface area contributed by atoms with Crippen LogP contribution in [0.5, 0.6) is 5.75 Å². The average molecular weight is 326 g/mol. The molecule has 0 spiro atoms. The van der Waals surface area contributed by atoms with Crippen molar-refractivity contribution in [1.82, 2.24) is 0 Å². The van der Waals surface area contributed by atoms with Crippen LogP contribution in [0.2, 0.25) is 0 Å². The Hall–Kier alpha value is -2.32. The Bertz CT molecular complexity index is 774. The van der Waals surface area contributed by atoms with Gasteiger partial charge in [0.25, 0.3) is 5.91 Å². The molecule has 1 amide bonds. The number of hydrogen-bond donors (Lipinski definition) is 1. The molecule has 0 bridgehead atoms. The van der Waals surface area contributed by atoms with Gasteiger partial charge in [0.1, 0.15) is 16.8 Å². The number of nitrogens with one attached hydrogen (secondary N) is 1.